The molecule has 0 fully saturated rings. The molecule has 28 heavy (non-hydrogen) atoms. The van der Waals surface area contributed by atoms with Crippen LogP contribution in [-0.4, -0.2) is 6.61 Å². The second-order valence-corrected chi connectivity index (χ2v) is 7.04. The van der Waals surface area contributed by atoms with E-state index < -0.39 is 0 Å². The highest BCUT2D eigenvalue weighted by atomic mass is 16.5. The van der Waals surface area contributed by atoms with Gasteiger partial charge in [0.05, 0.1) is 18.2 Å². The van der Waals surface area contributed by atoms with Crippen molar-refractivity contribution in [2.45, 2.75) is 51.4 Å². The molecule has 0 spiro atoms. The van der Waals surface area contributed by atoms with Gasteiger partial charge in [0.15, 0.2) is 0 Å². The van der Waals surface area contributed by atoms with Gasteiger partial charge in [-0.3, -0.25) is 0 Å². The van der Waals surface area contributed by atoms with Crippen molar-refractivity contribution in [3.05, 3.63) is 77.9 Å². The number of allylic oxidation sites excluding steroid dienone is 1. The van der Waals surface area contributed by atoms with Crippen LogP contribution >= 0.6 is 0 Å². The third kappa shape index (κ3) is 8.73. The first-order chi connectivity index (χ1) is 13.8. The number of benzene rings is 2. The number of ether oxygens (including phenoxy) is 1. The molecule has 0 aromatic heterocycles. The van der Waals surface area contributed by atoms with Gasteiger partial charge in [0.25, 0.3) is 0 Å². The number of hydrogen-bond acceptors (Lipinski definition) is 2. The van der Waals surface area contributed by atoms with Crippen LogP contribution in [0.4, 0.5) is 0 Å². The van der Waals surface area contributed by atoms with Gasteiger partial charge in [-0.2, -0.15) is 5.26 Å². The fraction of sp³-hybridized carbons (Fsp3) is 0.346. The van der Waals surface area contributed by atoms with Crippen LogP contribution < -0.4 is 4.74 Å². The second kappa shape index (κ2) is 13.4. The molecule has 0 radical (unpaired) electrons. The summed E-state index contributed by atoms with van der Waals surface area (Å²) in [6.45, 7) is 4.55. The van der Waals surface area contributed by atoms with E-state index in [1.165, 1.54) is 38.5 Å². The monoisotopic (exact) mass is 373 g/mol. The Morgan fingerprint density at radius 1 is 0.750 bits per heavy atom. The van der Waals surface area contributed by atoms with Gasteiger partial charge in [-0.25, -0.2) is 0 Å². The number of hydrogen-bond donors (Lipinski definition) is 0. The molecule has 0 atom stereocenters. The van der Waals surface area contributed by atoms with Crippen molar-refractivity contribution in [1.82, 2.24) is 0 Å². The zero-order valence-corrected chi connectivity index (χ0v) is 16.8. The predicted molar refractivity (Wildman–Crippen MR) is 119 cm³/mol. The van der Waals surface area contributed by atoms with Gasteiger partial charge in [-0.15, -0.1) is 6.58 Å². The molecule has 2 aromatic rings. The lowest BCUT2D eigenvalue weighted by molar-refractivity contribution is 0.304. The van der Waals surface area contributed by atoms with E-state index in [9.17, 15) is 0 Å². The minimum absolute atomic E-state index is 0.683. The molecular weight excluding hydrogens is 342 g/mol. The average Bonchev–Trinajstić information content (AvgIpc) is 2.75. The summed E-state index contributed by atoms with van der Waals surface area (Å²) in [7, 11) is 0. The van der Waals surface area contributed by atoms with Crippen LogP contribution in [0.2, 0.25) is 0 Å². The van der Waals surface area contributed by atoms with E-state index in [1.54, 1.807) is 0 Å². The largest absolute Gasteiger partial charge is 0.494 e. The summed E-state index contributed by atoms with van der Waals surface area (Å²) in [6, 6.07) is 17.9. The maximum atomic E-state index is 8.83. The maximum Gasteiger partial charge on any atom is 0.119 e. The first-order valence-corrected chi connectivity index (χ1v) is 10.3. The van der Waals surface area contributed by atoms with Crippen LogP contribution in [0.15, 0.2) is 61.2 Å². The Bertz CT molecular complexity index is 751. The molecule has 2 nitrogen and oxygen atoms in total. The molecule has 0 N–H and O–H groups in total. The van der Waals surface area contributed by atoms with E-state index in [-0.39, 0.29) is 0 Å². The fourth-order valence-electron chi connectivity index (χ4n) is 3.00. The Labute approximate surface area is 170 Å². The van der Waals surface area contributed by atoms with Gasteiger partial charge in [0, 0.05) is 0 Å². The van der Waals surface area contributed by atoms with Crippen LogP contribution in [0.5, 0.6) is 5.75 Å². The van der Waals surface area contributed by atoms with Crippen molar-refractivity contribution in [2.75, 3.05) is 6.61 Å². The lowest BCUT2D eigenvalue weighted by Gasteiger charge is -2.06. The van der Waals surface area contributed by atoms with Crippen molar-refractivity contribution in [2.24, 2.45) is 0 Å². The SMILES string of the molecule is C=CCCCCCCCCCOc1ccc(/C=C/c2ccc(C#N)cc2)cc1. The topological polar surface area (TPSA) is 33.0 Å². The van der Waals surface area contributed by atoms with Crippen LogP contribution in [0.3, 0.4) is 0 Å². The number of nitrogens with zero attached hydrogens (tertiary/aromatic N) is 1. The smallest absolute Gasteiger partial charge is 0.119 e. The molecule has 146 valence electrons. The van der Waals surface area contributed by atoms with Crippen molar-refractivity contribution in [3.63, 3.8) is 0 Å². The van der Waals surface area contributed by atoms with Crippen LogP contribution in [0.1, 0.15) is 68.1 Å². The summed E-state index contributed by atoms with van der Waals surface area (Å²) in [4.78, 5) is 0. The molecule has 0 aliphatic heterocycles. The van der Waals surface area contributed by atoms with E-state index in [4.69, 9.17) is 10.00 Å². The van der Waals surface area contributed by atoms with E-state index in [2.05, 4.69) is 36.9 Å². The van der Waals surface area contributed by atoms with E-state index >= 15 is 0 Å². The van der Waals surface area contributed by atoms with Crippen molar-refractivity contribution < 1.29 is 4.74 Å². The van der Waals surface area contributed by atoms with Gasteiger partial charge < -0.3 is 4.74 Å². The number of nitriles is 1. The lowest BCUT2D eigenvalue weighted by atomic mass is 10.1. The standard InChI is InChI=1S/C26H31NO/c1-2-3-4-5-6-7-8-9-10-21-28-26-19-17-24(18-20-26)12-11-23-13-15-25(22-27)16-14-23/h2,11-20H,1,3-10,21H2/b12-11+. The van der Waals surface area contributed by atoms with Crippen molar-refractivity contribution in [3.8, 4) is 11.8 Å². The molecular formula is C26H31NO. The first-order valence-electron chi connectivity index (χ1n) is 10.3. The highest BCUT2D eigenvalue weighted by Crippen LogP contribution is 2.16. The van der Waals surface area contributed by atoms with E-state index in [0.29, 0.717) is 5.56 Å². The third-order valence-electron chi connectivity index (χ3n) is 4.71. The third-order valence-corrected chi connectivity index (χ3v) is 4.71. The summed E-state index contributed by atoms with van der Waals surface area (Å²) in [6.07, 6.45) is 16.2. The van der Waals surface area contributed by atoms with Gasteiger partial charge in [-0.05, 0) is 54.7 Å². The van der Waals surface area contributed by atoms with Crippen molar-refractivity contribution in [1.29, 1.82) is 5.26 Å². The zero-order chi connectivity index (χ0) is 19.9. The Morgan fingerprint density at radius 2 is 1.29 bits per heavy atom. The maximum absolute atomic E-state index is 8.83. The van der Waals surface area contributed by atoms with E-state index in [1.807, 2.05) is 42.5 Å². The number of rotatable bonds is 13. The molecule has 0 amide bonds. The lowest BCUT2D eigenvalue weighted by Crippen LogP contribution is -1.97. The Kier molecular flexibility index (Phi) is 10.3. The summed E-state index contributed by atoms with van der Waals surface area (Å²) in [5.74, 6) is 0.931. The first kappa shape index (κ1) is 21.5. The normalized spacial score (nSPS) is 10.7. The van der Waals surface area contributed by atoms with Crippen molar-refractivity contribution >= 4 is 12.2 Å². The Balaban J connectivity index is 1.61. The number of unbranched alkanes of at least 4 members (excludes halogenated alkanes) is 7. The summed E-state index contributed by atoms with van der Waals surface area (Å²) in [5, 5.41) is 8.83. The Morgan fingerprint density at radius 3 is 1.86 bits per heavy atom. The summed E-state index contributed by atoms with van der Waals surface area (Å²) < 4.78 is 5.84. The molecule has 0 saturated heterocycles. The van der Waals surface area contributed by atoms with E-state index in [0.717, 1.165) is 36.3 Å². The second-order valence-electron chi connectivity index (χ2n) is 7.04. The van der Waals surface area contributed by atoms with Crippen LogP contribution in [0.25, 0.3) is 12.2 Å². The quantitative estimate of drug-likeness (QED) is 0.208. The molecule has 0 aliphatic rings. The molecule has 0 saturated carbocycles. The molecule has 2 heteroatoms. The predicted octanol–water partition coefficient (Wildman–Crippen LogP) is 7.41. The minimum Gasteiger partial charge on any atom is -0.494 e. The van der Waals surface area contributed by atoms with Gasteiger partial charge in [0.1, 0.15) is 5.75 Å². The Hall–Kier alpha value is -2.79. The molecule has 2 aromatic carbocycles. The van der Waals surface area contributed by atoms with Crippen LogP contribution in [0, 0.1) is 11.3 Å². The van der Waals surface area contributed by atoms with Gasteiger partial charge >= 0.3 is 0 Å². The zero-order valence-electron chi connectivity index (χ0n) is 16.8. The molecule has 0 bridgehead atoms. The molecule has 0 heterocycles. The highest BCUT2D eigenvalue weighted by molar-refractivity contribution is 5.70. The van der Waals surface area contributed by atoms with Gasteiger partial charge in [0.2, 0.25) is 0 Å². The van der Waals surface area contributed by atoms with Crippen LogP contribution in [-0.2, 0) is 0 Å². The fourth-order valence-corrected chi connectivity index (χ4v) is 3.00. The summed E-state index contributed by atoms with van der Waals surface area (Å²) in [5.41, 5.74) is 2.90. The molecule has 0 unspecified atom stereocenters. The molecule has 2 rings (SSSR count). The summed E-state index contributed by atoms with van der Waals surface area (Å²) >= 11 is 0. The highest BCUT2D eigenvalue weighted by Gasteiger charge is 1.96. The average molecular weight is 374 g/mol. The minimum atomic E-state index is 0.683. The molecule has 0 aliphatic carbocycles. The van der Waals surface area contributed by atoms with Gasteiger partial charge in [-0.1, -0.05) is 74.6 Å².